The number of hydrogen-bond acceptors (Lipinski definition) is 6. The summed E-state index contributed by atoms with van der Waals surface area (Å²) in [6.07, 6.45) is 7.03. The second kappa shape index (κ2) is 7.85. The van der Waals surface area contributed by atoms with Gasteiger partial charge < -0.3 is 15.0 Å². The highest BCUT2D eigenvalue weighted by Crippen LogP contribution is 2.30. The normalized spacial score (nSPS) is 15.6. The van der Waals surface area contributed by atoms with E-state index >= 15 is 0 Å². The minimum absolute atomic E-state index is 0.228. The molecule has 4 aromatic rings. The number of aromatic amines is 1. The Labute approximate surface area is 175 Å². The second-order valence-corrected chi connectivity index (χ2v) is 7.87. The molecular formula is C23H24N6O. The van der Waals surface area contributed by atoms with Gasteiger partial charge in [0, 0.05) is 79.6 Å². The fourth-order valence-corrected chi connectivity index (χ4v) is 3.93. The fourth-order valence-electron chi connectivity index (χ4n) is 3.93. The van der Waals surface area contributed by atoms with E-state index in [0.29, 0.717) is 0 Å². The van der Waals surface area contributed by atoms with Gasteiger partial charge in [-0.15, -0.1) is 0 Å². The van der Waals surface area contributed by atoms with Crippen molar-refractivity contribution in [2.45, 2.75) is 6.54 Å². The maximum atomic E-state index is 9.35. The molecule has 2 N–H and O–H groups in total. The van der Waals surface area contributed by atoms with Gasteiger partial charge in [0.15, 0.2) is 0 Å². The van der Waals surface area contributed by atoms with Crippen LogP contribution in [-0.4, -0.2) is 68.1 Å². The van der Waals surface area contributed by atoms with Crippen LogP contribution in [0.25, 0.3) is 33.3 Å². The SMILES string of the molecule is CN1CCN(Cc2ccc(-c3cnc4[nH]cc(-c5cnc(O)nc5)c4c3)cc2)CC1. The number of benzene rings is 1. The smallest absolute Gasteiger partial charge is 0.313 e. The molecule has 1 aromatic carbocycles. The van der Waals surface area contributed by atoms with E-state index in [2.05, 4.69) is 67.1 Å². The van der Waals surface area contributed by atoms with Crippen LogP contribution in [0.15, 0.2) is 55.1 Å². The Balaban J connectivity index is 1.39. The van der Waals surface area contributed by atoms with Crippen molar-refractivity contribution in [3.63, 3.8) is 0 Å². The van der Waals surface area contributed by atoms with Crippen molar-refractivity contribution in [1.29, 1.82) is 0 Å². The monoisotopic (exact) mass is 400 g/mol. The van der Waals surface area contributed by atoms with Crippen LogP contribution in [0.3, 0.4) is 0 Å². The van der Waals surface area contributed by atoms with Gasteiger partial charge in [0.1, 0.15) is 5.65 Å². The van der Waals surface area contributed by atoms with E-state index in [1.54, 1.807) is 12.4 Å². The van der Waals surface area contributed by atoms with Gasteiger partial charge in [-0.2, -0.15) is 0 Å². The van der Waals surface area contributed by atoms with Crippen LogP contribution in [0, 0.1) is 0 Å². The van der Waals surface area contributed by atoms with E-state index in [0.717, 1.165) is 66.0 Å². The number of likely N-dealkylation sites (N-methyl/N-ethyl adjacent to an activating group) is 1. The van der Waals surface area contributed by atoms with Crippen LogP contribution in [0.2, 0.25) is 0 Å². The molecule has 30 heavy (non-hydrogen) atoms. The summed E-state index contributed by atoms with van der Waals surface area (Å²) in [6.45, 7) is 5.50. The number of fused-ring (bicyclic) bond motifs is 1. The molecule has 3 aromatic heterocycles. The molecule has 0 saturated carbocycles. The first kappa shape index (κ1) is 18.7. The van der Waals surface area contributed by atoms with Crippen LogP contribution in [-0.2, 0) is 6.54 Å². The summed E-state index contributed by atoms with van der Waals surface area (Å²) >= 11 is 0. The quantitative estimate of drug-likeness (QED) is 0.548. The number of H-pyrrole nitrogens is 1. The van der Waals surface area contributed by atoms with Crippen LogP contribution in [0.1, 0.15) is 5.56 Å². The van der Waals surface area contributed by atoms with E-state index in [4.69, 9.17) is 0 Å². The van der Waals surface area contributed by atoms with Crippen LogP contribution >= 0.6 is 0 Å². The molecule has 1 aliphatic rings. The zero-order chi connectivity index (χ0) is 20.5. The number of nitrogens with zero attached hydrogens (tertiary/aromatic N) is 5. The lowest BCUT2D eigenvalue weighted by atomic mass is 10.0. The number of piperazine rings is 1. The third-order valence-electron chi connectivity index (χ3n) is 5.77. The lowest BCUT2D eigenvalue weighted by molar-refractivity contribution is 0.148. The van der Waals surface area contributed by atoms with Crippen molar-refractivity contribution in [1.82, 2.24) is 29.7 Å². The maximum Gasteiger partial charge on any atom is 0.313 e. The molecule has 0 unspecified atom stereocenters. The number of hydrogen-bond donors (Lipinski definition) is 2. The van der Waals surface area contributed by atoms with Gasteiger partial charge in [0.2, 0.25) is 0 Å². The number of aromatic hydroxyl groups is 1. The molecular weight excluding hydrogens is 376 g/mol. The molecule has 7 nitrogen and oxygen atoms in total. The van der Waals surface area contributed by atoms with Crippen LogP contribution < -0.4 is 0 Å². The van der Waals surface area contributed by atoms with E-state index in [9.17, 15) is 5.11 Å². The van der Waals surface area contributed by atoms with Gasteiger partial charge in [0.25, 0.3) is 0 Å². The molecule has 1 saturated heterocycles. The predicted molar refractivity (Wildman–Crippen MR) is 117 cm³/mol. The first-order valence-corrected chi connectivity index (χ1v) is 10.1. The molecule has 0 aliphatic carbocycles. The van der Waals surface area contributed by atoms with Gasteiger partial charge in [-0.1, -0.05) is 24.3 Å². The summed E-state index contributed by atoms with van der Waals surface area (Å²) in [5.74, 6) is 0. The Bertz CT molecular complexity index is 1140. The topological polar surface area (TPSA) is 81.2 Å². The molecule has 7 heteroatoms. The molecule has 5 rings (SSSR count). The van der Waals surface area contributed by atoms with Crippen LogP contribution in [0.5, 0.6) is 6.01 Å². The van der Waals surface area contributed by atoms with Crippen molar-refractivity contribution in [3.8, 4) is 28.3 Å². The largest absolute Gasteiger partial charge is 0.479 e. The first-order chi connectivity index (χ1) is 14.7. The van der Waals surface area contributed by atoms with Crippen LogP contribution in [0.4, 0.5) is 0 Å². The fraction of sp³-hybridized carbons (Fsp3) is 0.261. The lowest BCUT2D eigenvalue weighted by Gasteiger charge is -2.32. The van der Waals surface area contributed by atoms with E-state index in [-0.39, 0.29) is 6.01 Å². The minimum atomic E-state index is -0.228. The zero-order valence-electron chi connectivity index (χ0n) is 16.9. The molecule has 1 fully saturated rings. The highest BCUT2D eigenvalue weighted by Gasteiger charge is 2.14. The molecule has 0 bridgehead atoms. The highest BCUT2D eigenvalue weighted by molar-refractivity contribution is 5.95. The van der Waals surface area contributed by atoms with Gasteiger partial charge in [-0.25, -0.2) is 15.0 Å². The third kappa shape index (κ3) is 3.77. The number of pyridine rings is 1. The molecule has 152 valence electrons. The predicted octanol–water partition coefficient (Wildman–Crippen LogP) is 3.14. The molecule has 1 aliphatic heterocycles. The first-order valence-electron chi connectivity index (χ1n) is 10.1. The van der Waals surface area contributed by atoms with Gasteiger partial charge in [-0.3, -0.25) is 4.90 Å². The number of aromatic nitrogens is 4. The molecule has 0 spiro atoms. The standard InChI is InChI=1S/C23H24N6O/c1-28-6-8-29(9-7-28)15-16-2-4-17(5-3-16)18-10-20-21(14-25-22(20)24-11-18)19-12-26-23(30)27-13-19/h2-5,10-14H,6-9,15H2,1H3,(H,24,25)(H,26,27,30). The second-order valence-electron chi connectivity index (χ2n) is 7.87. The summed E-state index contributed by atoms with van der Waals surface area (Å²) < 4.78 is 0. The van der Waals surface area contributed by atoms with E-state index < -0.39 is 0 Å². The lowest BCUT2D eigenvalue weighted by Crippen LogP contribution is -2.43. The highest BCUT2D eigenvalue weighted by atomic mass is 16.3. The van der Waals surface area contributed by atoms with Crippen molar-refractivity contribution in [2.75, 3.05) is 33.2 Å². The minimum Gasteiger partial charge on any atom is -0.479 e. The summed E-state index contributed by atoms with van der Waals surface area (Å²) in [5, 5.41) is 10.4. The summed E-state index contributed by atoms with van der Waals surface area (Å²) in [5.41, 5.74) is 6.15. The Kier molecular flexibility index (Phi) is 4.90. The maximum absolute atomic E-state index is 9.35. The Morgan fingerprint density at radius 2 is 1.60 bits per heavy atom. The Morgan fingerprint density at radius 1 is 0.900 bits per heavy atom. The van der Waals surface area contributed by atoms with E-state index in [1.807, 2.05) is 12.4 Å². The molecule has 0 amide bonds. The zero-order valence-corrected chi connectivity index (χ0v) is 16.9. The van der Waals surface area contributed by atoms with E-state index in [1.165, 1.54) is 5.56 Å². The summed E-state index contributed by atoms with van der Waals surface area (Å²) in [4.78, 5) is 20.4. The van der Waals surface area contributed by atoms with Gasteiger partial charge in [0.05, 0.1) is 0 Å². The number of rotatable bonds is 4. The van der Waals surface area contributed by atoms with Crippen molar-refractivity contribution < 1.29 is 5.11 Å². The third-order valence-corrected chi connectivity index (χ3v) is 5.77. The molecule has 0 atom stereocenters. The summed E-state index contributed by atoms with van der Waals surface area (Å²) in [6, 6.07) is 10.7. The average molecular weight is 400 g/mol. The Morgan fingerprint density at radius 3 is 2.33 bits per heavy atom. The Hall–Kier alpha value is -3.29. The van der Waals surface area contributed by atoms with Gasteiger partial charge >= 0.3 is 6.01 Å². The average Bonchev–Trinajstić information content (AvgIpc) is 3.20. The molecule has 0 radical (unpaired) electrons. The van der Waals surface area contributed by atoms with Crippen molar-refractivity contribution in [3.05, 3.63) is 60.7 Å². The summed E-state index contributed by atoms with van der Waals surface area (Å²) in [7, 11) is 2.18. The van der Waals surface area contributed by atoms with Crippen molar-refractivity contribution in [2.24, 2.45) is 0 Å². The molecule has 4 heterocycles. The van der Waals surface area contributed by atoms with Crippen molar-refractivity contribution >= 4 is 11.0 Å². The van der Waals surface area contributed by atoms with Gasteiger partial charge in [-0.05, 0) is 24.2 Å². The number of nitrogens with one attached hydrogen (secondary N) is 1.